The summed E-state index contributed by atoms with van der Waals surface area (Å²) in [6.45, 7) is 3.72. The highest BCUT2D eigenvalue weighted by Crippen LogP contribution is 2.22. The lowest BCUT2D eigenvalue weighted by molar-refractivity contribution is -0.121. The van der Waals surface area contributed by atoms with E-state index >= 15 is 0 Å². The first kappa shape index (κ1) is 11.4. The number of ketones is 1. The molecule has 1 fully saturated rings. The molecule has 0 bridgehead atoms. The monoisotopic (exact) mass is 221 g/mol. The minimum Gasteiger partial charge on any atom is -0.469 e. The molecular formula is C13H19NO2. The number of hydrogen-bond donors (Lipinski definition) is 0. The summed E-state index contributed by atoms with van der Waals surface area (Å²) in [5.74, 6) is 1.68. The molecule has 1 atom stereocenters. The zero-order chi connectivity index (χ0) is 11.5. The third-order valence-corrected chi connectivity index (χ3v) is 3.37. The fraction of sp³-hybridized carbons (Fsp3) is 0.615. The van der Waals surface area contributed by atoms with Crippen LogP contribution in [0.25, 0.3) is 0 Å². The highest BCUT2D eigenvalue weighted by molar-refractivity contribution is 5.83. The van der Waals surface area contributed by atoms with Crippen molar-refractivity contribution in [3.8, 4) is 0 Å². The van der Waals surface area contributed by atoms with Crippen LogP contribution in [0, 0.1) is 12.8 Å². The van der Waals surface area contributed by atoms with Gasteiger partial charge >= 0.3 is 0 Å². The van der Waals surface area contributed by atoms with Gasteiger partial charge in [-0.3, -0.25) is 4.79 Å². The summed E-state index contributed by atoms with van der Waals surface area (Å²) in [5, 5.41) is 0. The molecule has 0 amide bonds. The Morgan fingerprint density at radius 1 is 1.56 bits per heavy atom. The van der Waals surface area contributed by atoms with Crippen LogP contribution in [0.4, 0.5) is 0 Å². The first-order valence-electron chi connectivity index (χ1n) is 5.91. The Kier molecular flexibility index (Phi) is 3.44. The van der Waals surface area contributed by atoms with Gasteiger partial charge in [0.25, 0.3) is 0 Å². The topological polar surface area (TPSA) is 33.5 Å². The third-order valence-electron chi connectivity index (χ3n) is 3.37. The van der Waals surface area contributed by atoms with Crippen molar-refractivity contribution in [2.75, 3.05) is 13.6 Å². The van der Waals surface area contributed by atoms with Crippen LogP contribution >= 0.6 is 0 Å². The molecule has 3 nitrogen and oxygen atoms in total. The maximum Gasteiger partial charge on any atom is 0.137 e. The molecule has 1 unspecified atom stereocenters. The van der Waals surface area contributed by atoms with Gasteiger partial charge in [0.2, 0.25) is 0 Å². The fourth-order valence-electron chi connectivity index (χ4n) is 2.39. The van der Waals surface area contributed by atoms with E-state index in [-0.39, 0.29) is 5.92 Å². The molecule has 1 heterocycles. The van der Waals surface area contributed by atoms with Crippen molar-refractivity contribution in [2.24, 2.45) is 5.92 Å². The molecule has 88 valence electrons. The van der Waals surface area contributed by atoms with Gasteiger partial charge in [-0.25, -0.2) is 0 Å². The van der Waals surface area contributed by atoms with E-state index in [1.807, 2.05) is 13.0 Å². The van der Waals surface area contributed by atoms with Crippen LogP contribution in [0.2, 0.25) is 0 Å². The number of carbonyl (C=O) groups excluding carboxylic acids is 1. The van der Waals surface area contributed by atoms with E-state index in [2.05, 4.69) is 11.9 Å². The Morgan fingerprint density at radius 2 is 2.38 bits per heavy atom. The molecule has 0 aliphatic heterocycles. The van der Waals surface area contributed by atoms with Crippen LogP contribution in [-0.2, 0) is 11.3 Å². The van der Waals surface area contributed by atoms with Crippen LogP contribution in [0.5, 0.6) is 0 Å². The second-order valence-corrected chi connectivity index (χ2v) is 4.75. The molecule has 0 spiro atoms. The van der Waals surface area contributed by atoms with Crippen molar-refractivity contribution < 1.29 is 9.21 Å². The highest BCUT2D eigenvalue weighted by atomic mass is 16.3. The third kappa shape index (κ3) is 2.53. The Balaban J connectivity index is 1.87. The first-order chi connectivity index (χ1) is 7.66. The molecular weight excluding hydrogens is 202 g/mol. The fourth-order valence-corrected chi connectivity index (χ4v) is 2.39. The van der Waals surface area contributed by atoms with Gasteiger partial charge in [-0.1, -0.05) is 0 Å². The lowest BCUT2D eigenvalue weighted by Gasteiger charge is -2.19. The van der Waals surface area contributed by atoms with E-state index in [0.29, 0.717) is 5.78 Å². The van der Waals surface area contributed by atoms with E-state index in [0.717, 1.165) is 38.1 Å². The maximum absolute atomic E-state index is 11.5. The summed E-state index contributed by atoms with van der Waals surface area (Å²) in [5.41, 5.74) is 1.22. The number of rotatable bonds is 4. The minimum absolute atomic E-state index is 0.261. The normalized spacial score (nSPS) is 20.9. The number of furan rings is 1. The van der Waals surface area contributed by atoms with Gasteiger partial charge in [-0.15, -0.1) is 0 Å². The number of aryl methyl sites for hydroxylation is 1. The molecule has 0 aromatic carbocycles. The van der Waals surface area contributed by atoms with E-state index in [4.69, 9.17) is 4.42 Å². The average Bonchev–Trinajstić information content (AvgIpc) is 2.79. The van der Waals surface area contributed by atoms with Crippen molar-refractivity contribution in [1.82, 2.24) is 4.90 Å². The van der Waals surface area contributed by atoms with Gasteiger partial charge in [-0.05, 0) is 32.9 Å². The van der Waals surface area contributed by atoms with Gasteiger partial charge in [-0.2, -0.15) is 0 Å². The van der Waals surface area contributed by atoms with Gasteiger partial charge in [0, 0.05) is 31.0 Å². The van der Waals surface area contributed by atoms with Gasteiger partial charge < -0.3 is 9.32 Å². The molecule has 16 heavy (non-hydrogen) atoms. The molecule has 0 saturated heterocycles. The lowest BCUT2D eigenvalue weighted by Crippen LogP contribution is -2.27. The van der Waals surface area contributed by atoms with Crippen molar-refractivity contribution in [3.63, 3.8) is 0 Å². The smallest absolute Gasteiger partial charge is 0.137 e. The number of hydrogen-bond acceptors (Lipinski definition) is 3. The van der Waals surface area contributed by atoms with Crippen molar-refractivity contribution in [1.29, 1.82) is 0 Å². The molecule has 1 aliphatic rings. The molecule has 1 aromatic heterocycles. The number of nitrogens with zero attached hydrogens (tertiary/aromatic N) is 1. The van der Waals surface area contributed by atoms with E-state index < -0.39 is 0 Å². The second-order valence-electron chi connectivity index (χ2n) is 4.75. The van der Waals surface area contributed by atoms with Crippen molar-refractivity contribution in [3.05, 3.63) is 23.7 Å². The maximum atomic E-state index is 11.5. The Labute approximate surface area is 96.4 Å². The molecule has 3 heteroatoms. The van der Waals surface area contributed by atoms with Crippen LogP contribution in [-0.4, -0.2) is 24.3 Å². The predicted octanol–water partition coefficient (Wildman–Crippen LogP) is 2.39. The SMILES string of the molecule is Cc1occc1CN(C)CC1CCCC1=O. The van der Waals surface area contributed by atoms with Gasteiger partial charge in [0.1, 0.15) is 11.5 Å². The van der Waals surface area contributed by atoms with Crippen LogP contribution in [0.15, 0.2) is 16.7 Å². The Bertz CT molecular complexity index is 370. The standard InChI is InChI=1S/C13H19NO2/c1-10-11(6-7-16-10)8-14(2)9-12-4-3-5-13(12)15/h6-7,12H,3-5,8-9H2,1-2H3. The second kappa shape index (κ2) is 4.83. The summed E-state index contributed by atoms with van der Waals surface area (Å²) in [7, 11) is 2.07. The minimum atomic E-state index is 0.261. The molecule has 1 aliphatic carbocycles. The first-order valence-corrected chi connectivity index (χ1v) is 5.91. The van der Waals surface area contributed by atoms with Crippen LogP contribution in [0.1, 0.15) is 30.6 Å². The van der Waals surface area contributed by atoms with E-state index in [9.17, 15) is 4.79 Å². The summed E-state index contributed by atoms with van der Waals surface area (Å²) in [6.07, 6.45) is 4.64. The summed E-state index contributed by atoms with van der Waals surface area (Å²) in [4.78, 5) is 13.7. The molecule has 1 saturated carbocycles. The van der Waals surface area contributed by atoms with E-state index in [1.54, 1.807) is 6.26 Å². The molecule has 2 rings (SSSR count). The largest absolute Gasteiger partial charge is 0.469 e. The van der Waals surface area contributed by atoms with Crippen LogP contribution in [0.3, 0.4) is 0 Å². The van der Waals surface area contributed by atoms with Crippen molar-refractivity contribution >= 4 is 5.78 Å². The molecule has 0 N–H and O–H groups in total. The number of Topliss-reactive ketones (excluding diaryl/α,β-unsaturated/α-hetero) is 1. The summed E-state index contributed by atoms with van der Waals surface area (Å²) in [6, 6.07) is 2.00. The van der Waals surface area contributed by atoms with E-state index in [1.165, 1.54) is 5.56 Å². The van der Waals surface area contributed by atoms with Gasteiger partial charge in [0.15, 0.2) is 0 Å². The lowest BCUT2D eigenvalue weighted by atomic mass is 10.1. The predicted molar refractivity (Wildman–Crippen MR) is 62.1 cm³/mol. The zero-order valence-corrected chi connectivity index (χ0v) is 10.0. The van der Waals surface area contributed by atoms with Crippen LogP contribution < -0.4 is 0 Å². The zero-order valence-electron chi connectivity index (χ0n) is 10.0. The molecule has 0 radical (unpaired) electrons. The number of carbonyl (C=O) groups is 1. The molecule has 1 aromatic rings. The highest BCUT2D eigenvalue weighted by Gasteiger charge is 2.25. The van der Waals surface area contributed by atoms with Gasteiger partial charge in [0.05, 0.1) is 6.26 Å². The Morgan fingerprint density at radius 3 is 2.94 bits per heavy atom. The Hall–Kier alpha value is -1.09. The summed E-state index contributed by atoms with van der Waals surface area (Å²) >= 11 is 0. The quantitative estimate of drug-likeness (QED) is 0.782. The average molecular weight is 221 g/mol. The summed E-state index contributed by atoms with van der Waals surface area (Å²) < 4.78 is 5.26. The van der Waals surface area contributed by atoms with Crippen molar-refractivity contribution in [2.45, 2.75) is 32.7 Å².